The Kier molecular flexibility index (Phi) is 5.66. The van der Waals surface area contributed by atoms with Crippen molar-refractivity contribution in [2.45, 2.75) is 13.0 Å². The fourth-order valence-corrected chi connectivity index (χ4v) is 2.73. The Labute approximate surface area is 99.6 Å². The Morgan fingerprint density at radius 3 is 2.73 bits per heavy atom. The predicted molar refractivity (Wildman–Crippen MR) is 60.4 cm³/mol. The zero-order valence-corrected chi connectivity index (χ0v) is 10.4. The van der Waals surface area contributed by atoms with Crippen LogP contribution in [0.4, 0.5) is 8.78 Å². The van der Waals surface area contributed by atoms with Gasteiger partial charge in [-0.3, -0.25) is 4.90 Å². The molecule has 2 nitrogen and oxygen atoms in total. The highest BCUT2D eigenvalue weighted by Gasteiger charge is 2.13. The molecule has 0 aliphatic carbocycles. The van der Waals surface area contributed by atoms with Gasteiger partial charge in [0.2, 0.25) is 0 Å². The summed E-state index contributed by atoms with van der Waals surface area (Å²) in [5.74, 6) is 0. The van der Waals surface area contributed by atoms with Crippen molar-refractivity contribution in [2.75, 3.05) is 19.7 Å². The summed E-state index contributed by atoms with van der Waals surface area (Å²) in [7, 11) is 0. The van der Waals surface area contributed by atoms with Gasteiger partial charge in [0.05, 0.1) is 13.2 Å². The average molecular weight is 300 g/mol. The second kappa shape index (κ2) is 6.52. The smallest absolute Gasteiger partial charge is 0.251 e. The van der Waals surface area contributed by atoms with Gasteiger partial charge in [-0.1, -0.05) is 0 Å². The van der Waals surface area contributed by atoms with Gasteiger partial charge in [-0.2, -0.15) is 0 Å². The van der Waals surface area contributed by atoms with Gasteiger partial charge < -0.3 is 5.11 Å². The molecule has 0 spiro atoms. The molecule has 0 bridgehead atoms. The van der Waals surface area contributed by atoms with Gasteiger partial charge in [0.15, 0.2) is 0 Å². The molecular formula is C9H12BrF2NOS. The van der Waals surface area contributed by atoms with E-state index in [9.17, 15) is 8.78 Å². The molecule has 15 heavy (non-hydrogen) atoms. The summed E-state index contributed by atoms with van der Waals surface area (Å²) in [6.07, 6.45) is -2.37. The Bertz CT molecular complexity index is 295. The highest BCUT2D eigenvalue weighted by Crippen LogP contribution is 2.24. The third-order valence-electron chi connectivity index (χ3n) is 1.87. The summed E-state index contributed by atoms with van der Waals surface area (Å²) in [4.78, 5) is 2.55. The van der Waals surface area contributed by atoms with Gasteiger partial charge in [0.1, 0.15) is 0 Å². The van der Waals surface area contributed by atoms with E-state index in [4.69, 9.17) is 5.11 Å². The molecule has 0 saturated heterocycles. The van der Waals surface area contributed by atoms with Gasteiger partial charge in [0, 0.05) is 22.4 Å². The molecule has 6 heteroatoms. The molecule has 0 aliphatic heterocycles. The van der Waals surface area contributed by atoms with Crippen molar-refractivity contribution in [2.24, 2.45) is 0 Å². The standard InChI is InChI=1S/C9H12BrF2NOS/c10-7-1-4-15-8(7)5-13(2-3-14)6-9(11)12/h1,4,9,14H,2-3,5-6H2. The predicted octanol–water partition coefficient (Wildman–Crippen LogP) is 2.57. The summed E-state index contributed by atoms with van der Waals surface area (Å²) in [6.45, 7) is 0.318. The van der Waals surface area contributed by atoms with Crippen LogP contribution in [0.25, 0.3) is 0 Å². The molecule has 1 N–H and O–H groups in total. The second-order valence-electron chi connectivity index (χ2n) is 3.04. The lowest BCUT2D eigenvalue weighted by atomic mass is 10.4. The van der Waals surface area contributed by atoms with Crippen LogP contribution in [0.15, 0.2) is 15.9 Å². The molecule has 0 fully saturated rings. The molecule has 0 amide bonds. The van der Waals surface area contributed by atoms with E-state index >= 15 is 0 Å². The average Bonchev–Trinajstić information content (AvgIpc) is 2.51. The van der Waals surface area contributed by atoms with Crippen molar-refractivity contribution in [3.05, 3.63) is 20.8 Å². The van der Waals surface area contributed by atoms with Crippen molar-refractivity contribution < 1.29 is 13.9 Å². The summed E-state index contributed by atoms with van der Waals surface area (Å²) < 4.78 is 25.3. The fraction of sp³-hybridized carbons (Fsp3) is 0.556. The van der Waals surface area contributed by atoms with E-state index in [2.05, 4.69) is 15.9 Å². The van der Waals surface area contributed by atoms with Crippen molar-refractivity contribution >= 4 is 27.3 Å². The molecule has 0 saturated carbocycles. The SMILES string of the molecule is OCCN(Cc1sccc1Br)CC(F)F. The van der Waals surface area contributed by atoms with Crippen LogP contribution in [0.3, 0.4) is 0 Å². The monoisotopic (exact) mass is 299 g/mol. The number of nitrogens with zero attached hydrogens (tertiary/aromatic N) is 1. The van der Waals surface area contributed by atoms with Crippen molar-refractivity contribution in [3.63, 3.8) is 0 Å². The minimum atomic E-state index is -2.37. The molecule has 1 heterocycles. The number of thiophene rings is 1. The molecule has 0 atom stereocenters. The number of aliphatic hydroxyl groups excluding tert-OH is 1. The number of alkyl halides is 2. The van der Waals surface area contributed by atoms with Crippen LogP contribution in [0, 0.1) is 0 Å². The van der Waals surface area contributed by atoms with Crippen LogP contribution in [0.1, 0.15) is 4.88 Å². The van der Waals surface area contributed by atoms with E-state index in [1.807, 2.05) is 11.4 Å². The first-order valence-corrected chi connectivity index (χ1v) is 6.14. The highest BCUT2D eigenvalue weighted by atomic mass is 79.9. The molecule has 0 radical (unpaired) electrons. The lowest BCUT2D eigenvalue weighted by Crippen LogP contribution is -2.30. The maximum absolute atomic E-state index is 12.2. The lowest BCUT2D eigenvalue weighted by molar-refractivity contribution is 0.0750. The van der Waals surface area contributed by atoms with Gasteiger partial charge in [-0.05, 0) is 27.4 Å². The minimum absolute atomic E-state index is 0.101. The highest BCUT2D eigenvalue weighted by molar-refractivity contribution is 9.10. The van der Waals surface area contributed by atoms with Crippen molar-refractivity contribution in [1.82, 2.24) is 4.90 Å². The zero-order valence-electron chi connectivity index (χ0n) is 8.00. The molecule has 1 aromatic heterocycles. The summed E-state index contributed by atoms with van der Waals surface area (Å²) in [5.41, 5.74) is 0. The van der Waals surface area contributed by atoms with Crippen LogP contribution < -0.4 is 0 Å². The van der Waals surface area contributed by atoms with Crippen LogP contribution in [-0.2, 0) is 6.54 Å². The third-order valence-corrected chi connectivity index (χ3v) is 3.78. The first-order chi connectivity index (χ1) is 7.13. The largest absolute Gasteiger partial charge is 0.395 e. The Morgan fingerprint density at radius 1 is 1.53 bits per heavy atom. The van der Waals surface area contributed by atoms with Gasteiger partial charge >= 0.3 is 0 Å². The normalized spacial score (nSPS) is 11.6. The van der Waals surface area contributed by atoms with Gasteiger partial charge in [0.25, 0.3) is 6.43 Å². The molecule has 86 valence electrons. The molecule has 0 unspecified atom stereocenters. The van der Waals surface area contributed by atoms with E-state index in [1.54, 1.807) is 4.90 Å². The number of aliphatic hydroxyl groups is 1. The van der Waals surface area contributed by atoms with Crippen molar-refractivity contribution in [3.8, 4) is 0 Å². The van der Waals surface area contributed by atoms with Crippen LogP contribution in [0.2, 0.25) is 0 Å². The summed E-state index contributed by atoms with van der Waals surface area (Å²) in [6, 6.07) is 1.89. The van der Waals surface area contributed by atoms with E-state index in [1.165, 1.54) is 11.3 Å². The molecule has 1 aromatic rings. The van der Waals surface area contributed by atoms with Gasteiger partial charge in [-0.15, -0.1) is 11.3 Å². The molecule has 1 rings (SSSR count). The molecular weight excluding hydrogens is 288 g/mol. The Morgan fingerprint density at radius 2 is 2.27 bits per heavy atom. The van der Waals surface area contributed by atoms with E-state index in [-0.39, 0.29) is 19.7 Å². The zero-order chi connectivity index (χ0) is 11.3. The van der Waals surface area contributed by atoms with Crippen molar-refractivity contribution in [1.29, 1.82) is 0 Å². The van der Waals surface area contributed by atoms with Crippen LogP contribution in [0.5, 0.6) is 0 Å². The minimum Gasteiger partial charge on any atom is -0.395 e. The topological polar surface area (TPSA) is 23.5 Å². The number of halogens is 3. The second-order valence-corrected chi connectivity index (χ2v) is 4.90. The molecule has 0 aromatic carbocycles. The van der Waals surface area contributed by atoms with Crippen LogP contribution >= 0.6 is 27.3 Å². The number of hydrogen-bond acceptors (Lipinski definition) is 3. The van der Waals surface area contributed by atoms with E-state index in [0.717, 1.165) is 9.35 Å². The fourth-order valence-electron chi connectivity index (χ4n) is 1.21. The quantitative estimate of drug-likeness (QED) is 0.873. The Hall–Kier alpha value is -0.0400. The summed E-state index contributed by atoms with van der Waals surface area (Å²) in [5, 5.41) is 10.7. The first kappa shape index (κ1) is 13.0. The van der Waals surface area contributed by atoms with E-state index in [0.29, 0.717) is 6.54 Å². The van der Waals surface area contributed by atoms with Gasteiger partial charge in [-0.25, -0.2) is 8.78 Å². The number of rotatable bonds is 6. The lowest BCUT2D eigenvalue weighted by Gasteiger charge is -2.20. The third kappa shape index (κ3) is 4.55. The Balaban J connectivity index is 2.54. The summed E-state index contributed by atoms with van der Waals surface area (Å²) >= 11 is 4.86. The maximum Gasteiger partial charge on any atom is 0.251 e. The first-order valence-electron chi connectivity index (χ1n) is 4.46. The molecule has 0 aliphatic rings. The van der Waals surface area contributed by atoms with E-state index < -0.39 is 6.43 Å². The number of hydrogen-bond donors (Lipinski definition) is 1. The van der Waals surface area contributed by atoms with Crippen LogP contribution in [-0.4, -0.2) is 36.1 Å². The maximum atomic E-state index is 12.2.